The number of hydrogen-bond donors (Lipinski definition) is 1. The number of benzene rings is 1. The highest BCUT2D eigenvalue weighted by Gasteiger charge is 2.25. The summed E-state index contributed by atoms with van der Waals surface area (Å²) in [4.78, 5) is 24.1. The van der Waals surface area contributed by atoms with Crippen LogP contribution < -0.4 is 5.73 Å². The second kappa shape index (κ2) is 8.63. The first kappa shape index (κ1) is 20.2. The van der Waals surface area contributed by atoms with Crippen LogP contribution in [0, 0.1) is 6.92 Å². The molecule has 0 unspecified atom stereocenters. The molecule has 3 rings (SSSR count). The van der Waals surface area contributed by atoms with Crippen LogP contribution in [0.1, 0.15) is 33.7 Å². The van der Waals surface area contributed by atoms with E-state index in [-0.39, 0.29) is 12.4 Å². The zero-order chi connectivity index (χ0) is 20.3. The zero-order valence-corrected chi connectivity index (χ0v) is 17.3. The third-order valence-electron chi connectivity index (χ3n) is 4.71. The minimum Gasteiger partial charge on any atom is -0.469 e. The Morgan fingerprint density at radius 2 is 2.07 bits per heavy atom. The van der Waals surface area contributed by atoms with Gasteiger partial charge in [-0.05, 0) is 53.4 Å². The van der Waals surface area contributed by atoms with Gasteiger partial charge in [0.1, 0.15) is 0 Å². The first-order chi connectivity index (χ1) is 13.4. The summed E-state index contributed by atoms with van der Waals surface area (Å²) < 4.78 is 6.85. The first-order valence-electron chi connectivity index (χ1n) is 8.78. The molecular formula is C21H21ClN2O3S. The highest BCUT2D eigenvalue weighted by molar-refractivity contribution is 7.08. The standard InChI is InChI=1S/C21H21ClN2O3S/c1-13-19(21(23)26)20(15-8-9-28-12-15)17(6-7-18(25)27-2)24(13)11-14-4-3-5-16(22)10-14/h3-5,8-10,12H,6-7,11H2,1-2H3,(H2,23,26). The maximum absolute atomic E-state index is 12.3. The summed E-state index contributed by atoms with van der Waals surface area (Å²) in [5.74, 6) is -0.784. The maximum atomic E-state index is 12.3. The van der Waals surface area contributed by atoms with E-state index in [9.17, 15) is 9.59 Å². The number of esters is 1. The van der Waals surface area contributed by atoms with E-state index in [1.54, 1.807) is 11.3 Å². The Balaban J connectivity index is 2.17. The molecule has 3 aromatic rings. The molecule has 5 nitrogen and oxygen atoms in total. The van der Waals surface area contributed by atoms with Crippen molar-refractivity contribution in [2.75, 3.05) is 7.11 Å². The number of hydrogen-bond acceptors (Lipinski definition) is 4. The molecule has 0 spiro atoms. The van der Waals surface area contributed by atoms with Gasteiger partial charge in [-0.3, -0.25) is 9.59 Å². The van der Waals surface area contributed by atoms with Crippen molar-refractivity contribution >= 4 is 34.8 Å². The number of aromatic nitrogens is 1. The van der Waals surface area contributed by atoms with Crippen molar-refractivity contribution < 1.29 is 14.3 Å². The van der Waals surface area contributed by atoms with E-state index in [1.165, 1.54) is 7.11 Å². The average Bonchev–Trinajstić information content (AvgIpc) is 3.27. The molecule has 1 aromatic carbocycles. The van der Waals surface area contributed by atoms with Gasteiger partial charge in [0.05, 0.1) is 19.1 Å². The summed E-state index contributed by atoms with van der Waals surface area (Å²) in [6.45, 7) is 2.40. The number of amides is 1. The Hall–Kier alpha value is -2.57. The average molecular weight is 417 g/mol. The highest BCUT2D eigenvalue weighted by atomic mass is 35.5. The molecule has 0 aliphatic carbocycles. The van der Waals surface area contributed by atoms with Crippen LogP contribution in [0.2, 0.25) is 5.02 Å². The Morgan fingerprint density at radius 1 is 1.29 bits per heavy atom. The van der Waals surface area contributed by atoms with Gasteiger partial charge in [-0.2, -0.15) is 11.3 Å². The number of carbonyl (C=O) groups excluding carboxylic acids is 2. The lowest BCUT2D eigenvalue weighted by Crippen LogP contribution is -2.13. The van der Waals surface area contributed by atoms with Gasteiger partial charge in [0.2, 0.25) is 0 Å². The minimum absolute atomic E-state index is 0.213. The smallest absolute Gasteiger partial charge is 0.305 e. The van der Waals surface area contributed by atoms with Crippen LogP contribution in [0.15, 0.2) is 41.1 Å². The summed E-state index contributed by atoms with van der Waals surface area (Å²) in [6.07, 6.45) is 0.650. The molecule has 0 saturated carbocycles. The molecule has 0 aliphatic heterocycles. The lowest BCUT2D eigenvalue weighted by atomic mass is 10.0. The second-order valence-corrected chi connectivity index (χ2v) is 7.67. The summed E-state index contributed by atoms with van der Waals surface area (Å²) in [6, 6.07) is 9.52. The molecule has 0 bridgehead atoms. The molecule has 1 amide bonds. The quantitative estimate of drug-likeness (QED) is 0.579. The van der Waals surface area contributed by atoms with Crippen LogP contribution in [0.5, 0.6) is 0 Å². The molecule has 28 heavy (non-hydrogen) atoms. The molecule has 0 aliphatic rings. The fraction of sp³-hybridized carbons (Fsp3) is 0.238. The van der Waals surface area contributed by atoms with E-state index in [4.69, 9.17) is 22.1 Å². The fourth-order valence-corrected chi connectivity index (χ4v) is 4.29. The Labute approximate surface area is 172 Å². The number of halogens is 1. The first-order valence-corrected chi connectivity index (χ1v) is 10.1. The summed E-state index contributed by atoms with van der Waals surface area (Å²) >= 11 is 7.68. The number of primary amides is 1. The van der Waals surface area contributed by atoms with Crippen molar-refractivity contribution in [1.29, 1.82) is 0 Å². The summed E-state index contributed by atoms with van der Waals surface area (Å²) in [5, 5.41) is 4.58. The number of nitrogens with two attached hydrogens (primary N) is 1. The number of thiophene rings is 1. The van der Waals surface area contributed by atoms with Crippen molar-refractivity contribution in [3.8, 4) is 11.1 Å². The van der Waals surface area contributed by atoms with E-state index in [0.717, 1.165) is 28.1 Å². The Kier molecular flexibility index (Phi) is 6.21. The van der Waals surface area contributed by atoms with Gasteiger partial charge in [-0.25, -0.2) is 0 Å². The third kappa shape index (κ3) is 4.13. The largest absolute Gasteiger partial charge is 0.469 e. The Bertz CT molecular complexity index is 1010. The normalized spacial score (nSPS) is 10.8. The van der Waals surface area contributed by atoms with Gasteiger partial charge >= 0.3 is 5.97 Å². The second-order valence-electron chi connectivity index (χ2n) is 6.45. The number of rotatable bonds is 7. The molecule has 146 valence electrons. The molecule has 0 saturated heterocycles. The van der Waals surface area contributed by atoms with Crippen molar-refractivity contribution in [3.63, 3.8) is 0 Å². The van der Waals surface area contributed by atoms with E-state index >= 15 is 0 Å². The van der Waals surface area contributed by atoms with Crippen LogP contribution >= 0.6 is 22.9 Å². The van der Waals surface area contributed by atoms with E-state index in [1.807, 2.05) is 52.6 Å². The van der Waals surface area contributed by atoms with Gasteiger partial charge in [-0.1, -0.05) is 23.7 Å². The van der Waals surface area contributed by atoms with E-state index in [2.05, 4.69) is 0 Å². The molecule has 2 heterocycles. The molecule has 2 aromatic heterocycles. The van der Waals surface area contributed by atoms with Gasteiger partial charge in [0.25, 0.3) is 5.91 Å². The lowest BCUT2D eigenvalue weighted by Gasteiger charge is -2.13. The van der Waals surface area contributed by atoms with Crippen molar-refractivity contribution in [3.05, 3.63) is 68.6 Å². The Morgan fingerprint density at radius 3 is 2.68 bits per heavy atom. The highest BCUT2D eigenvalue weighted by Crippen LogP contribution is 2.35. The fourth-order valence-electron chi connectivity index (χ4n) is 3.43. The van der Waals surface area contributed by atoms with Gasteiger partial charge in [0, 0.05) is 28.5 Å². The molecule has 0 radical (unpaired) electrons. The maximum Gasteiger partial charge on any atom is 0.305 e. The third-order valence-corrected chi connectivity index (χ3v) is 5.63. The predicted molar refractivity (Wildman–Crippen MR) is 112 cm³/mol. The predicted octanol–water partition coefficient (Wildman–Crippen LogP) is 4.43. The lowest BCUT2D eigenvalue weighted by molar-refractivity contribution is -0.140. The molecule has 2 N–H and O–H groups in total. The summed E-state index contributed by atoms with van der Waals surface area (Å²) in [7, 11) is 1.37. The molecule has 7 heteroatoms. The van der Waals surface area contributed by atoms with Crippen LogP contribution in [0.25, 0.3) is 11.1 Å². The zero-order valence-electron chi connectivity index (χ0n) is 15.7. The number of carbonyl (C=O) groups is 2. The number of methoxy groups -OCH3 is 1. The van der Waals surface area contributed by atoms with Gasteiger partial charge in [-0.15, -0.1) is 0 Å². The van der Waals surface area contributed by atoms with Crippen LogP contribution in [-0.4, -0.2) is 23.6 Å². The van der Waals surface area contributed by atoms with Crippen LogP contribution in [0.3, 0.4) is 0 Å². The molecule has 0 fully saturated rings. The van der Waals surface area contributed by atoms with Crippen molar-refractivity contribution in [1.82, 2.24) is 4.57 Å². The number of nitrogens with zero attached hydrogens (tertiary/aromatic N) is 1. The SMILES string of the molecule is COC(=O)CCc1c(-c2ccsc2)c(C(N)=O)c(C)n1Cc1cccc(Cl)c1. The van der Waals surface area contributed by atoms with E-state index in [0.29, 0.717) is 23.6 Å². The topological polar surface area (TPSA) is 74.3 Å². The molecular weight excluding hydrogens is 396 g/mol. The van der Waals surface area contributed by atoms with Gasteiger partial charge < -0.3 is 15.0 Å². The van der Waals surface area contributed by atoms with Crippen molar-refractivity contribution in [2.45, 2.75) is 26.3 Å². The minimum atomic E-state index is -0.483. The van der Waals surface area contributed by atoms with Gasteiger partial charge in [0.15, 0.2) is 0 Å². The van der Waals surface area contributed by atoms with Crippen LogP contribution in [0.4, 0.5) is 0 Å². The number of ether oxygens (including phenoxy) is 1. The van der Waals surface area contributed by atoms with Crippen LogP contribution in [-0.2, 0) is 22.5 Å². The monoisotopic (exact) mass is 416 g/mol. The van der Waals surface area contributed by atoms with E-state index < -0.39 is 5.91 Å². The van der Waals surface area contributed by atoms with Crippen molar-refractivity contribution in [2.24, 2.45) is 5.73 Å². The molecule has 0 atom stereocenters. The summed E-state index contributed by atoms with van der Waals surface area (Å²) in [5.41, 5.74) is 10.6.